The number of aromatic hydroxyl groups is 1. The molecule has 0 saturated heterocycles. The minimum atomic E-state index is -0.222. The zero-order valence-corrected chi connectivity index (χ0v) is 9.01. The van der Waals surface area contributed by atoms with Gasteiger partial charge in [0, 0.05) is 23.6 Å². The molecule has 0 saturated carbocycles. The average molecular weight is 219 g/mol. The van der Waals surface area contributed by atoms with E-state index in [0.29, 0.717) is 13.0 Å². The molecular formula is C12H13NO3. The van der Waals surface area contributed by atoms with E-state index in [-0.39, 0.29) is 11.7 Å². The second-order valence-corrected chi connectivity index (χ2v) is 3.58. The number of phenols is 1. The number of esters is 1. The maximum absolute atomic E-state index is 11.0. The topological polar surface area (TPSA) is 51.5 Å². The Hall–Kier alpha value is -1.97. The van der Waals surface area contributed by atoms with E-state index in [0.717, 1.165) is 10.9 Å². The Morgan fingerprint density at radius 3 is 3.00 bits per heavy atom. The number of hydrogen-bond donors (Lipinski definition) is 1. The second-order valence-electron chi connectivity index (χ2n) is 3.58. The molecule has 0 radical (unpaired) electrons. The molecule has 84 valence electrons. The lowest BCUT2D eigenvalue weighted by Crippen LogP contribution is -2.05. The number of hydrogen-bond acceptors (Lipinski definition) is 3. The van der Waals surface area contributed by atoms with Crippen LogP contribution in [-0.2, 0) is 16.1 Å². The lowest BCUT2D eigenvalue weighted by molar-refractivity contribution is -0.140. The van der Waals surface area contributed by atoms with Crippen LogP contribution >= 0.6 is 0 Å². The number of methoxy groups -OCH3 is 1. The number of rotatable bonds is 3. The first-order chi connectivity index (χ1) is 7.70. The number of carbonyl (C=O) groups is 1. The van der Waals surface area contributed by atoms with Crippen LogP contribution in [0.2, 0.25) is 0 Å². The highest BCUT2D eigenvalue weighted by Crippen LogP contribution is 2.21. The molecule has 4 heteroatoms. The molecule has 4 nitrogen and oxygen atoms in total. The molecule has 2 rings (SSSR count). The number of benzene rings is 1. The van der Waals surface area contributed by atoms with Gasteiger partial charge < -0.3 is 14.4 Å². The highest BCUT2D eigenvalue weighted by molar-refractivity contribution is 5.81. The summed E-state index contributed by atoms with van der Waals surface area (Å²) in [5.74, 6) is 0.0267. The minimum Gasteiger partial charge on any atom is -0.508 e. The Kier molecular flexibility index (Phi) is 2.81. The predicted molar refractivity (Wildman–Crippen MR) is 60.2 cm³/mol. The van der Waals surface area contributed by atoms with Gasteiger partial charge >= 0.3 is 5.97 Å². The Morgan fingerprint density at radius 1 is 1.44 bits per heavy atom. The van der Waals surface area contributed by atoms with Gasteiger partial charge in [-0.1, -0.05) is 0 Å². The van der Waals surface area contributed by atoms with Gasteiger partial charge in [-0.3, -0.25) is 4.79 Å². The quantitative estimate of drug-likeness (QED) is 0.802. The third-order valence-corrected chi connectivity index (χ3v) is 2.54. The summed E-state index contributed by atoms with van der Waals surface area (Å²) in [6.07, 6.45) is 2.24. The first kappa shape index (κ1) is 10.5. The van der Waals surface area contributed by atoms with Crippen LogP contribution in [0, 0.1) is 0 Å². The van der Waals surface area contributed by atoms with Gasteiger partial charge in [0.2, 0.25) is 0 Å². The molecule has 0 fully saturated rings. The molecular weight excluding hydrogens is 206 g/mol. The lowest BCUT2D eigenvalue weighted by atomic mass is 10.2. The molecule has 0 aliphatic carbocycles. The molecule has 1 heterocycles. The predicted octanol–water partition coefficient (Wildman–Crippen LogP) is 1.91. The first-order valence-corrected chi connectivity index (χ1v) is 5.05. The third kappa shape index (κ3) is 2.00. The molecule has 0 atom stereocenters. The smallest absolute Gasteiger partial charge is 0.307 e. The summed E-state index contributed by atoms with van der Waals surface area (Å²) >= 11 is 0. The van der Waals surface area contributed by atoms with Crippen LogP contribution in [0.3, 0.4) is 0 Å². The van der Waals surface area contributed by atoms with E-state index >= 15 is 0 Å². The molecule has 1 aromatic heterocycles. The molecule has 16 heavy (non-hydrogen) atoms. The van der Waals surface area contributed by atoms with Crippen LogP contribution < -0.4 is 0 Å². The number of aromatic nitrogens is 1. The molecule has 0 amide bonds. The molecule has 1 aromatic carbocycles. The van der Waals surface area contributed by atoms with Crippen molar-refractivity contribution in [2.24, 2.45) is 0 Å². The maximum atomic E-state index is 11.0. The van der Waals surface area contributed by atoms with E-state index in [1.165, 1.54) is 7.11 Å². The van der Waals surface area contributed by atoms with Crippen LogP contribution in [-0.4, -0.2) is 22.8 Å². The van der Waals surface area contributed by atoms with Crippen molar-refractivity contribution >= 4 is 16.9 Å². The number of phenolic OH excluding ortho intramolecular Hbond substituents is 1. The van der Waals surface area contributed by atoms with Crippen LogP contribution in [0.1, 0.15) is 6.42 Å². The summed E-state index contributed by atoms with van der Waals surface area (Å²) in [7, 11) is 1.38. The van der Waals surface area contributed by atoms with Crippen molar-refractivity contribution < 1.29 is 14.6 Å². The van der Waals surface area contributed by atoms with Gasteiger partial charge in [0.15, 0.2) is 0 Å². The fourth-order valence-corrected chi connectivity index (χ4v) is 1.70. The third-order valence-electron chi connectivity index (χ3n) is 2.54. The Bertz CT molecular complexity index is 516. The van der Waals surface area contributed by atoms with Gasteiger partial charge in [-0.15, -0.1) is 0 Å². The average Bonchev–Trinajstić information content (AvgIpc) is 2.68. The number of aryl methyl sites for hydroxylation is 1. The molecule has 1 N–H and O–H groups in total. The van der Waals surface area contributed by atoms with E-state index in [1.54, 1.807) is 12.1 Å². The minimum absolute atomic E-state index is 0.222. The number of ether oxygens (including phenoxy) is 1. The largest absolute Gasteiger partial charge is 0.508 e. The zero-order valence-electron chi connectivity index (χ0n) is 9.01. The monoisotopic (exact) mass is 219 g/mol. The van der Waals surface area contributed by atoms with E-state index < -0.39 is 0 Å². The zero-order chi connectivity index (χ0) is 11.5. The van der Waals surface area contributed by atoms with Gasteiger partial charge in [0.25, 0.3) is 0 Å². The van der Waals surface area contributed by atoms with E-state index in [2.05, 4.69) is 4.74 Å². The van der Waals surface area contributed by atoms with Crippen LogP contribution in [0.15, 0.2) is 30.5 Å². The van der Waals surface area contributed by atoms with E-state index in [1.807, 2.05) is 22.9 Å². The normalized spacial score (nSPS) is 10.6. The number of fused-ring (bicyclic) bond motifs is 1. The summed E-state index contributed by atoms with van der Waals surface area (Å²) in [4.78, 5) is 11.0. The Labute approximate surface area is 93.1 Å². The van der Waals surface area contributed by atoms with E-state index in [9.17, 15) is 9.90 Å². The lowest BCUT2D eigenvalue weighted by Gasteiger charge is -2.04. The molecule has 2 aromatic rings. The molecule has 0 aliphatic rings. The van der Waals surface area contributed by atoms with Gasteiger partial charge in [-0.25, -0.2) is 0 Å². The van der Waals surface area contributed by atoms with E-state index in [4.69, 9.17) is 0 Å². The summed E-state index contributed by atoms with van der Waals surface area (Å²) in [6, 6.07) is 7.08. The fraction of sp³-hybridized carbons (Fsp3) is 0.250. The van der Waals surface area contributed by atoms with Crippen molar-refractivity contribution in [2.75, 3.05) is 7.11 Å². The molecule has 0 bridgehead atoms. The first-order valence-electron chi connectivity index (χ1n) is 5.05. The summed E-state index contributed by atoms with van der Waals surface area (Å²) in [5.41, 5.74) is 1.00. The van der Waals surface area contributed by atoms with Crippen molar-refractivity contribution in [1.82, 2.24) is 4.57 Å². The van der Waals surface area contributed by atoms with Crippen LogP contribution in [0.5, 0.6) is 5.75 Å². The van der Waals surface area contributed by atoms with Gasteiger partial charge in [-0.05, 0) is 24.3 Å². The van der Waals surface area contributed by atoms with Crippen molar-refractivity contribution in [3.05, 3.63) is 30.5 Å². The molecule has 0 aliphatic heterocycles. The Morgan fingerprint density at radius 2 is 2.25 bits per heavy atom. The standard InChI is InChI=1S/C12H13NO3/c1-16-12(15)5-7-13-6-4-9-8-10(14)2-3-11(9)13/h2-4,6,8,14H,5,7H2,1H3. The van der Waals surface area contributed by atoms with Gasteiger partial charge in [-0.2, -0.15) is 0 Å². The number of nitrogens with zero attached hydrogens (tertiary/aromatic N) is 1. The molecule has 0 spiro atoms. The van der Waals surface area contributed by atoms with Crippen molar-refractivity contribution in [3.8, 4) is 5.75 Å². The van der Waals surface area contributed by atoms with Gasteiger partial charge in [0.1, 0.15) is 5.75 Å². The van der Waals surface area contributed by atoms with Crippen molar-refractivity contribution in [3.63, 3.8) is 0 Å². The van der Waals surface area contributed by atoms with Crippen LogP contribution in [0.25, 0.3) is 10.9 Å². The maximum Gasteiger partial charge on any atom is 0.307 e. The Balaban J connectivity index is 2.22. The number of carbonyl (C=O) groups excluding carboxylic acids is 1. The summed E-state index contributed by atoms with van der Waals surface area (Å²) in [6.45, 7) is 0.584. The summed E-state index contributed by atoms with van der Waals surface area (Å²) < 4.78 is 6.55. The van der Waals surface area contributed by atoms with Crippen molar-refractivity contribution in [1.29, 1.82) is 0 Å². The van der Waals surface area contributed by atoms with Crippen molar-refractivity contribution in [2.45, 2.75) is 13.0 Å². The highest BCUT2D eigenvalue weighted by atomic mass is 16.5. The molecule has 0 unspecified atom stereocenters. The van der Waals surface area contributed by atoms with Crippen LogP contribution in [0.4, 0.5) is 0 Å². The SMILES string of the molecule is COC(=O)CCn1ccc2cc(O)ccc21. The second kappa shape index (κ2) is 4.26. The highest BCUT2D eigenvalue weighted by Gasteiger charge is 2.04. The fourth-order valence-electron chi connectivity index (χ4n) is 1.70. The van der Waals surface area contributed by atoms with Gasteiger partial charge in [0.05, 0.1) is 13.5 Å². The summed E-state index contributed by atoms with van der Waals surface area (Å²) in [5, 5.41) is 10.3.